The lowest BCUT2D eigenvalue weighted by Gasteiger charge is -2.23. The Morgan fingerprint density at radius 2 is 1.95 bits per heavy atom. The van der Waals surface area contributed by atoms with E-state index in [0.29, 0.717) is 6.61 Å². The van der Waals surface area contributed by atoms with Gasteiger partial charge in [-0.05, 0) is 33.0 Å². The molecular weight excluding hydrogens is 236 g/mol. The number of ether oxygens (including phenoxy) is 1. The van der Waals surface area contributed by atoms with Crippen LogP contribution in [-0.2, 0) is 0 Å². The Bertz CT molecular complexity index is 354. The second kappa shape index (κ2) is 8.94. The maximum absolute atomic E-state index is 6.31. The van der Waals surface area contributed by atoms with Crippen LogP contribution < -0.4 is 10.5 Å². The summed E-state index contributed by atoms with van der Waals surface area (Å²) in [5.41, 5.74) is 7.41. The molecule has 1 atom stereocenters. The summed E-state index contributed by atoms with van der Waals surface area (Å²) >= 11 is 0. The first-order chi connectivity index (χ1) is 9.19. The van der Waals surface area contributed by atoms with Crippen molar-refractivity contribution >= 4 is 0 Å². The monoisotopic (exact) mass is 264 g/mol. The molecule has 0 bridgehead atoms. The highest BCUT2D eigenvalue weighted by molar-refractivity contribution is 5.35. The molecule has 1 unspecified atom stereocenters. The molecule has 0 aliphatic carbocycles. The van der Waals surface area contributed by atoms with Crippen LogP contribution >= 0.6 is 0 Å². The van der Waals surface area contributed by atoms with Gasteiger partial charge in [0.25, 0.3) is 0 Å². The summed E-state index contributed by atoms with van der Waals surface area (Å²) in [6, 6.07) is 8.08. The van der Waals surface area contributed by atoms with Crippen LogP contribution in [-0.4, -0.2) is 31.6 Å². The quantitative estimate of drug-likeness (QED) is 0.696. The zero-order valence-electron chi connectivity index (χ0n) is 12.6. The molecule has 0 heterocycles. The van der Waals surface area contributed by atoms with Gasteiger partial charge >= 0.3 is 0 Å². The van der Waals surface area contributed by atoms with E-state index in [1.165, 1.54) is 19.3 Å². The maximum atomic E-state index is 6.31. The fraction of sp³-hybridized carbons (Fsp3) is 0.625. The Morgan fingerprint density at radius 3 is 2.63 bits per heavy atom. The van der Waals surface area contributed by atoms with Crippen LogP contribution in [0.3, 0.4) is 0 Å². The average Bonchev–Trinajstić information content (AvgIpc) is 2.40. The SMILES string of the molecule is CCCCCN(C)CC(N)c1ccccc1OCC. The molecule has 3 nitrogen and oxygen atoms in total. The van der Waals surface area contributed by atoms with Gasteiger partial charge in [0, 0.05) is 18.2 Å². The van der Waals surface area contributed by atoms with Crippen molar-refractivity contribution in [1.29, 1.82) is 0 Å². The topological polar surface area (TPSA) is 38.5 Å². The Morgan fingerprint density at radius 1 is 1.21 bits per heavy atom. The molecule has 19 heavy (non-hydrogen) atoms. The Balaban J connectivity index is 2.54. The normalized spacial score (nSPS) is 12.7. The second-order valence-corrected chi connectivity index (χ2v) is 5.05. The first-order valence-electron chi connectivity index (χ1n) is 7.34. The van der Waals surface area contributed by atoms with Crippen molar-refractivity contribution in [3.05, 3.63) is 29.8 Å². The lowest BCUT2D eigenvalue weighted by atomic mass is 10.1. The number of unbranched alkanes of at least 4 members (excludes halogenated alkanes) is 2. The van der Waals surface area contributed by atoms with Crippen LogP contribution in [0.5, 0.6) is 5.75 Å². The van der Waals surface area contributed by atoms with Crippen molar-refractivity contribution < 1.29 is 4.74 Å². The van der Waals surface area contributed by atoms with Gasteiger partial charge in [0.1, 0.15) is 5.75 Å². The molecule has 0 amide bonds. The van der Waals surface area contributed by atoms with E-state index < -0.39 is 0 Å². The summed E-state index contributed by atoms with van der Waals surface area (Å²) < 4.78 is 5.64. The lowest BCUT2D eigenvalue weighted by molar-refractivity contribution is 0.295. The van der Waals surface area contributed by atoms with E-state index >= 15 is 0 Å². The number of nitrogens with two attached hydrogens (primary N) is 1. The number of hydrogen-bond donors (Lipinski definition) is 1. The predicted octanol–water partition coefficient (Wildman–Crippen LogP) is 3.21. The number of rotatable bonds is 9. The molecule has 0 radical (unpaired) electrons. The van der Waals surface area contributed by atoms with Gasteiger partial charge in [0.05, 0.1) is 6.61 Å². The van der Waals surface area contributed by atoms with Crippen molar-refractivity contribution in [2.75, 3.05) is 26.7 Å². The summed E-state index contributed by atoms with van der Waals surface area (Å²) in [5, 5.41) is 0. The van der Waals surface area contributed by atoms with E-state index in [-0.39, 0.29) is 6.04 Å². The summed E-state index contributed by atoms with van der Waals surface area (Å²) in [5.74, 6) is 0.916. The van der Waals surface area contributed by atoms with E-state index in [1.807, 2.05) is 25.1 Å². The van der Waals surface area contributed by atoms with Crippen LogP contribution in [0.15, 0.2) is 24.3 Å². The summed E-state index contributed by atoms with van der Waals surface area (Å²) in [4.78, 5) is 2.31. The number of para-hydroxylation sites is 1. The zero-order valence-corrected chi connectivity index (χ0v) is 12.6. The molecule has 3 heteroatoms. The van der Waals surface area contributed by atoms with Crippen molar-refractivity contribution in [2.45, 2.75) is 39.2 Å². The van der Waals surface area contributed by atoms with Gasteiger partial charge in [-0.3, -0.25) is 0 Å². The minimum Gasteiger partial charge on any atom is -0.494 e. The lowest BCUT2D eigenvalue weighted by Crippen LogP contribution is -2.30. The molecule has 0 aromatic heterocycles. The molecule has 0 fully saturated rings. The highest BCUT2D eigenvalue weighted by Gasteiger charge is 2.13. The van der Waals surface area contributed by atoms with Crippen molar-refractivity contribution in [2.24, 2.45) is 5.73 Å². The van der Waals surface area contributed by atoms with Gasteiger partial charge in [0.15, 0.2) is 0 Å². The van der Waals surface area contributed by atoms with Gasteiger partial charge in [0.2, 0.25) is 0 Å². The highest BCUT2D eigenvalue weighted by Crippen LogP contribution is 2.24. The van der Waals surface area contributed by atoms with Gasteiger partial charge in [-0.25, -0.2) is 0 Å². The van der Waals surface area contributed by atoms with E-state index in [0.717, 1.165) is 24.4 Å². The first-order valence-corrected chi connectivity index (χ1v) is 7.34. The predicted molar refractivity (Wildman–Crippen MR) is 81.6 cm³/mol. The van der Waals surface area contributed by atoms with Gasteiger partial charge in [-0.1, -0.05) is 38.0 Å². The number of likely N-dealkylation sites (N-methyl/N-ethyl adjacent to an activating group) is 1. The van der Waals surface area contributed by atoms with Crippen molar-refractivity contribution in [3.8, 4) is 5.75 Å². The number of benzene rings is 1. The smallest absolute Gasteiger partial charge is 0.124 e. The fourth-order valence-electron chi connectivity index (χ4n) is 2.23. The molecule has 108 valence electrons. The summed E-state index contributed by atoms with van der Waals surface area (Å²) in [6.45, 7) is 6.88. The van der Waals surface area contributed by atoms with E-state index in [2.05, 4.69) is 24.9 Å². The van der Waals surface area contributed by atoms with Gasteiger partial charge < -0.3 is 15.4 Å². The van der Waals surface area contributed by atoms with Crippen LogP contribution in [0.1, 0.15) is 44.7 Å². The van der Waals surface area contributed by atoms with Crippen LogP contribution in [0.2, 0.25) is 0 Å². The minimum absolute atomic E-state index is 0.00868. The number of hydrogen-bond acceptors (Lipinski definition) is 3. The Labute approximate surface area is 117 Å². The molecule has 0 spiro atoms. The first kappa shape index (κ1) is 16.0. The molecule has 0 aliphatic heterocycles. The van der Waals surface area contributed by atoms with Gasteiger partial charge in [-0.2, -0.15) is 0 Å². The second-order valence-electron chi connectivity index (χ2n) is 5.05. The van der Waals surface area contributed by atoms with Crippen LogP contribution in [0, 0.1) is 0 Å². The maximum Gasteiger partial charge on any atom is 0.124 e. The third-order valence-corrected chi connectivity index (χ3v) is 3.27. The molecule has 1 aromatic rings. The van der Waals surface area contributed by atoms with Crippen LogP contribution in [0.25, 0.3) is 0 Å². The Hall–Kier alpha value is -1.06. The molecule has 0 aliphatic rings. The summed E-state index contributed by atoms with van der Waals surface area (Å²) in [6.07, 6.45) is 3.79. The fourth-order valence-corrected chi connectivity index (χ4v) is 2.23. The van der Waals surface area contributed by atoms with Crippen molar-refractivity contribution in [3.63, 3.8) is 0 Å². The van der Waals surface area contributed by atoms with E-state index in [1.54, 1.807) is 0 Å². The minimum atomic E-state index is 0.00868. The third kappa shape index (κ3) is 5.62. The molecular formula is C16H28N2O. The number of nitrogens with zero attached hydrogens (tertiary/aromatic N) is 1. The molecule has 0 saturated carbocycles. The standard InChI is InChI=1S/C16H28N2O/c1-4-6-9-12-18(3)13-15(17)14-10-7-8-11-16(14)19-5-2/h7-8,10-11,15H,4-6,9,12-13,17H2,1-3H3. The third-order valence-electron chi connectivity index (χ3n) is 3.27. The van der Waals surface area contributed by atoms with E-state index in [4.69, 9.17) is 10.5 Å². The highest BCUT2D eigenvalue weighted by atomic mass is 16.5. The molecule has 1 aromatic carbocycles. The van der Waals surface area contributed by atoms with Crippen LogP contribution in [0.4, 0.5) is 0 Å². The molecule has 0 saturated heterocycles. The average molecular weight is 264 g/mol. The van der Waals surface area contributed by atoms with Gasteiger partial charge in [-0.15, -0.1) is 0 Å². The Kier molecular flexibility index (Phi) is 7.53. The largest absolute Gasteiger partial charge is 0.494 e. The molecule has 1 rings (SSSR count). The van der Waals surface area contributed by atoms with E-state index in [9.17, 15) is 0 Å². The molecule has 2 N–H and O–H groups in total. The zero-order chi connectivity index (χ0) is 14.1. The summed E-state index contributed by atoms with van der Waals surface area (Å²) in [7, 11) is 2.14. The van der Waals surface area contributed by atoms with Crippen molar-refractivity contribution in [1.82, 2.24) is 4.90 Å².